The van der Waals surface area contributed by atoms with Gasteiger partial charge in [0.05, 0.1) is 23.2 Å². The number of hydrogen-bond donors (Lipinski definition) is 1. The van der Waals surface area contributed by atoms with Gasteiger partial charge in [0.1, 0.15) is 5.82 Å². The Bertz CT molecular complexity index is 531. The van der Waals surface area contributed by atoms with E-state index in [1.54, 1.807) is 0 Å². The molecule has 2 aliphatic heterocycles. The maximum Gasteiger partial charge on any atom is 0.156 e. The Morgan fingerprint density at radius 3 is 2.81 bits per heavy atom. The van der Waals surface area contributed by atoms with Crippen molar-refractivity contribution in [2.24, 2.45) is 0 Å². The summed E-state index contributed by atoms with van der Waals surface area (Å²) in [5.41, 5.74) is 7.64. The summed E-state index contributed by atoms with van der Waals surface area (Å²) >= 11 is 1.86. The predicted octanol–water partition coefficient (Wildman–Crippen LogP) is 0.224. The number of nitrogens with two attached hydrogens (primary N) is 1. The van der Waals surface area contributed by atoms with Crippen LogP contribution in [0.1, 0.15) is 17.3 Å². The summed E-state index contributed by atoms with van der Waals surface area (Å²) in [6.07, 6.45) is 0.517. The van der Waals surface area contributed by atoms with Crippen molar-refractivity contribution in [2.45, 2.75) is 18.2 Å². The summed E-state index contributed by atoms with van der Waals surface area (Å²) in [6.45, 7) is 0. The standard InChI is InChI=1S/C9H13N3O2S2/c10-9-7-1-2-16(13,14)5-8(7)11-12(9)6-3-15-4-6/h6H,1-5,10H2. The lowest BCUT2D eigenvalue weighted by molar-refractivity contribution is 0.530. The van der Waals surface area contributed by atoms with E-state index in [1.165, 1.54) is 0 Å². The van der Waals surface area contributed by atoms with Gasteiger partial charge in [-0.15, -0.1) is 0 Å². The highest BCUT2D eigenvalue weighted by atomic mass is 32.2. The van der Waals surface area contributed by atoms with Crippen LogP contribution < -0.4 is 5.73 Å². The number of anilines is 1. The lowest BCUT2D eigenvalue weighted by Crippen LogP contribution is -2.25. The molecule has 1 aromatic rings. The van der Waals surface area contributed by atoms with Crippen LogP contribution in [0.5, 0.6) is 0 Å². The quantitative estimate of drug-likeness (QED) is 0.781. The molecule has 3 heterocycles. The molecule has 0 spiro atoms. The molecule has 0 bridgehead atoms. The van der Waals surface area contributed by atoms with E-state index in [4.69, 9.17) is 5.73 Å². The highest BCUT2D eigenvalue weighted by Crippen LogP contribution is 2.34. The molecule has 16 heavy (non-hydrogen) atoms. The average molecular weight is 259 g/mol. The molecule has 0 aromatic carbocycles. The van der Waals surface area contributed by atoms with Gasteiger partial charge >= 0.3 is 0 Å². The van der Waals surface area contributed by atoms with E-state index >= 15 is 0 Å². The molecule has 7 heteroatoms. The Morgan fingerprint density at radius 1 is 1.44 bits per heavy atom. The molecule has 88 valence electrons. The van der Waals surface area contributed by atoms with Gasteiger partial charge in [0.25, 0.3) is 0 Å². The molecule has 5 nitrogen and oxygen atoms in total. The number of rotatable bonds is 1. The normalized spacial score (nSPS) is 23.8. The first-order valence-corrected chi connectivity index (χ1v) is 8.18. The second-order valence-electron chi connectivity index (χ2n) is 4.29. The topological polar surface area (TPSA) is 78.0 Å². The minimum Gasteiger partial charge on any atom is -0.384 e. The van der Waals surface area contributed by atoms with Gasteiger partial charge < -0.3 is 5.73 Å². The third-order valence-electron chi connectivity index (χ3n) is 3.12. The summed E-state index contributed by atoms with van der Waals surface area (Å²) in [5, 5.41) is 4.37. The minimum absolute atomic E-state index is 0.0550. The second kappa shape index (κ2) is 3.40. The number of aromatic nitrogens is 2. The zero-order valence-electron chi connectivity index (χ0n) is 8.72. The van der Waals surface area contributed by atoms with E-state index in [0.717, 1.165) is 17.1 Å². The first-order valence-electron chi connectivity index (χ1n) is 5.21. The number of nitrogen functional groups attached to an aromatic ring is 1. The van der Waals surface area contributed by atoms with Crippen molar-refractivity contribution in [2.75, 3.05) is 23.0 Å². The van der Waals surface area contributed by atoms with E-state index in [0.29, 0.717) is 24.0 Å². The van der Waals surface area contributed by atoms with Crippen molar-refractivity contribution in [3.8, 4) is 0 Å². The van der Waals surface area contributed by atoms with E-state index < -0.39 is 9.84 Å². The van der Waals surface area contributed by atoms with E-state index in [-0.39, 0.29) is 11.5 Å². The van der Waals surface area contributed by atoms with Crippen LogP contribution >= 0.6 is 11.8 Å². The molecule has 1 fully saturated rings. The third kappa shape index (κ3) is 1.53. The lowest BCUT2D eigenvalue weighted by atomic mass is 10.2. The summed E-state index contributed by atoms with van der Waals surface area (Å²) < 4.78 is 24.8. The number of hydrogen-bond acceptors (Lipinski definition) is 5. The molecular formula is C9H13N3O2S2. The monoisotopic (exact) mass is 259 g/mol. The third-order valence-corrected chi connectivity index (χ3v) is 5.90. The highest BCUT2D eigenvalue weighted by molar-refractivity contribution is 8.00. The number of nitrogens with zero attached hydrogens (tertiary/aromatic N) is 2. The van der Waals surface area contributed by atoms with Gasteiger partial charge in [-0.25, -0.2) is 13.1 Å². The van der Waals surface area contributed by atoms with E-state index in [9.17, 15) is 8.42 Å². The SMILES string of the molecule is Nc1c2c(nn1C1CSC1)CS(=O)(=O)CC2. The van der Waals surface area contributed by atoms with Gasteiger partial charge in [0, 0.05) is 17.1 Å². The first-order chi connectivity index (χ1) is 7.57. The maximum absolute atomic E-state index is 11.5. The first kappa shape index (κ1) is 10.5. The lowest BCUT2D eigenvalue weighted by Gasteiger charge is -2.26. The Morgan fingerprint density at radius 2 is 2.19 bits per heavy atom. The maximum atomic E-state index is 11.5. The largest absolute Gasteiger partial charge is 0.384 e. The fourth-order valence-corrected chi connectivity index (χ4v) is 4.14. The van der Waals surface area contributed by atoms with Crippen molar-refractivity contribution in [1.82, 2.24) is 9.78 Å². The fraction of sp³-hybridized carbons (Fsp3) is 0.667. The molecule has 0 unspecified atom stereocenters. The van der Waals surface area contributed by atoms with Crippen molar-refractivity contribution in [1.29, 1.82) is 0 Å². The van der Waals surface area contributed by atoms with Crippen molar-refractivity contribution >= 4 is 27.4 Å². The second-order valence-corrected chi connectivity index (χ2v) is 7.55. The molecule has 0 radical (unpaired) electrons. The zero-order chi connectivity index (χ0) is 11.3. The molecule has 1 saturated heterocycles. The number of thioether (sulfide) groups is 1. The Hall–Kier alpha value is -0.690. The summed E-state index contributed by atoms with van der Waals surface area (Å²) in [6, 6.07) is 0.360. The molecule has 0 atom stereocenters. The van der Waals surface area contributed by atoms with Crippen molar-refractivity contribution < 1.29 is 8.42 Å². The zero-order valence-corrected chi connectivity index (χ0v) is 10.4. The van der Waals surface area contributed by atoms with Gasteiger partial charge in [0.15, 0.2) is 9.84 Å². The molecule has 1 aromatic heterocycles. The van der Waals surface area contributed by atoms with Crippen LogP contribution in [-0.2, 0) is 22.0 Å². The van der Waals surface area contributed by atoms with Crippen LogP contribution in [0.3, 0.4) is 0 Å². The molecule has 3 rings (SSSR count). The molecule has 0 aliphatic carbocycles. The highest BCUT2D eigenvalue weighted by Gasteiger charge is 2.31. The summed E-state index contributed by atoms with van der Waals surface area (Å²) in [7, 11) is -2.95. The van der Waals surface area contributed by atoms with Gasteiger partial charge in [0.2, 0.25) is 0 Å². The smallest absolute Gasteiger partial charge is 0.156 e. The molecule has 2 aliphatic rings. The van der Waals surface area contributed by atoms with Crippen LogP contribution in [0.25, 0.3) is 0 Å². The minimum atomic E-state index is -2.95. The predicted molar refractivity (Wildman–Crippen MR) is 64.2 cm³/mol. The molecular weight excluding hydrogens is 246 g/mol. The van der Waals surface area contributed by atoms with Gasteiger partial charge in [-0.3, -0.25) is 0 Å². The number of fused-ring (bicyclic) bond motifs is 1. The summed E-state index contributed by atoms with van der Waals surface area (Å²) in [5.74, 6) is 2.99. The van der Waals surface area contributed by atoms with Gasteiger partial charge in [-0.1, -0.05) is 0 Å². The van der Waals surface area contributed by atoms with Crippen LogP contribution in [0, 0.1) is 0 Å². The van der Waals surface area contributed by atoms with Crippen LogP contribution in [-0.4, -0.2) is 35.5 Å². The van der Waals surface area contributed by atoms with Crippen LogP contribution in [0.2, 0.25) is 0 Å². The van der Waals surface area contributed by atoms with Gasteiger partial charge in [-0.2, -0.15) is 16.9 Å². The van der Waals surface area contributed by atoms with Crippen LogP contribution in [0.4, 0.5) is 5.82 Å². The fourth-order valence-electron chi connectivity index (χ4n) is 2.10. The molecule has 0 saturated carbocycles. The average Bonchev–Trinajstić information content (AvgIpc) is 2.39. The summed E-state index contributed by atoms with van der Waals surface area (Å²) in [4.78, 5) is 0. The Balaban J connectivity index is 2.03. The Kier molecular flexibility index (Phi) is 2.22. The van der Waals surface area contributed by atoms with Crippen molar-refractivity contribution in [3.63, 3.8) is 0 Å². The Labute approximate surface area is 98.3 Å². The van der Waals surface area contributed by atoms with E-state index in [2.05, 4.69) is 5.10 Å². The van der Waals surface area contributed by atoms with Crippen LogP contribution in [0.15, 0.2) is 0 Å². The van der Waals surface area contributed by atoms with Crippen molar-refractivity contribution in [3.05, 3.63) is 11.3 Å². The molecule has 0 amide bonds. The van der Waals surface area contributed by atoms with Gasteiger partial charge in [-0.05, 0) is 6.42 Å². The van der Waals surface area contributed by atoms with E-state index in [1.807, 2.05) is 16.4 Å². The number of sulfone groups is 1. The molecule has 2 N–H and O–H groups in total.